The molecular weight excluding hydrogens is 274 g/mol. The van der Waals surface area contributed by atoms with E-state index in [0.717, 1.165) is 16.7 Å². The summed E-state index contributed by atoms with van der Waals surface area (Å²) in [5, 5.41) is 13.0. The fourth-order valence-electron chi connectivity index (χ4n) is 2.50. The van der Waals surface area contributed by atoms with Crippen molar-refractivity contribution < 1.29 is 9.90 Å². The molecular formula is C19H23NO2. The van der Waals surface area contributed by atoms with E-state index < -0.39 is 6.10 Å². The predicted octanol–water partition coefficient (Wildman–Crippen LogP) is 3.09. The van der Waals surface area contributed by atoms with Crippen molar-refractivity contribution in [1.82, 2.24) is 5.32 Å². The molecule has 116 valence electrons. The maximum absolute atomic E-state index is 11.9. The second kappa shape index (κ2) is 7.76. The van der Waals surface area contributed by atoms with Crippen molar-refractivity contribution in [2.45, 2.75) is 32.8 Å². The molecule has 3 nitrogen and oxygen atoms in total. The molecule has 0 radical (unpaired) electrons. The van der Waals surface area contributed by atoms with Gasteiger partial charge in [-0.3, -0.25) is 4.79 Å². The quantitative estimate of drug-likeness (QED) is 0.861. The van der Waals surface area contributed by atoms with Gasteiger partial charge in [-0.15, -0.1) is 0 Å². The Kier molecular flexibility index (Phi) is 5.73. The summed E-state index contributed by atoms with van der Waals surface area (Å²) in [6.45, 7) is 4.25. The number of carbonyl (C=O) groups is 1. The van der Waals surface area contributed by atoms with Crippen LogP contribution >= 0.6 is 0 Å². The van der Waals surface area contributed by atoms with Crippen molar-refractivity contribution in [3.05, 3.63) is 70.8 Å². The molecule has 3 heteroatoms. The third-order valence-electron chi connectivity index (χ3n) is 3.76. The molecule has 1 atom stereocenters. The van der Waals surface area contributed by atoms with Gasteiger partial charge in [-0.25, -0.2) is 0 Å². The van der Waals surface area contributed by atoms with Gasteiger partial charge in [0.15, 0.2) is 0 Å². The van der Waals surface area contributed by atoms with Gasteiger partial charge in [-0.05, 0) is 37.0 Å². The van der Waals surface area contributed by atoms with Crippen LogP contribution in [0.1, 0.15) is 34.8 Å². The van der Waals surface area contributed by atoms with Gasteiger partial charge in [0.05, 0.1) is 6.10 Å². The van der Waals surface area contributed by atoms with E-state index in [1.165, 1.54) is 5.56 Å². The molecule has 1 unspecified atom stereocenters. The highest BCUT2D eigenvalue weighted by atomic mass is 16.3. The molecule has 0 saturated carbocycles. The average Bonchev–Trinajstić information content (AvgIpc) is 2.51. The van der Waals surface area contributed by atoms with E-state index in [-0.39, 0.29) is 12.5 Å². The number of benzene rings is 2. The highest BCUT2D eigenvalue weighted by Crippen LogP contribution is 2.16. The van der Waals surface area contributed by atoms with Gasteiger partial charge in [-0.2, -0.15) is 0 Å². The van der Waals surface area contributed by atoms with Crippen LogP contribution in [0, 0.1) is 13.8 Å². The van der Waals surface area contributed by atoms with Gasteiger partial charge in [0.1, 0.15) is 0 Å². The molecule has 0 spiro atoms. The maximum atomic E-state index is 11.9. The van der Waals surface area contributed by atoms with Crippen molar-refractivity contribution in [3.8, 4) is 0 Å². The summed E-state index contributed by atoms with van der Waals surface area (Å²) >= 11 is 0. The Balaban J connectivity index is 1.79. The molecule has 2 rings (SSSR count). The molecule has 22 heavy (non-hydrogen) atoms. The summed E-state index contributed by atoms with van der Waals surface area (Å²) < 4.78 is 0. The molecule has 0 aromatic heterocycles. The lowest BCUT2D eigenvalue weighted by atomic mass is 10.0. The fourth-order valence-corrected chi connectivity index (χ4v) is 2.50. The van der Waals surface area contributed by atoms with E-state index in [2.05, 4.69) is 11.4 Å². The van der Waals surface area contributed by atoms with E-state index in [1.807, 2.05) is 56.3 Å². The first-order chi connectivity index (χ1) is 10.6. The molecule has 0 aliphatic heterocycles. The largest absolute Gasteiger partial charge is 0.387 e. The summed E-state index contributed by atoms with van der Waals surface area (Å²) in [6.07, 6.45) is 0.488. The third-order valence-corrected chi connectivity index (χ3v) is 3.76. The topological polar surface area (TPSA) is 49.3 Å². The van der Waals surface area contributed by atoms with Crippen LogP contribution in [0.15, 0.2) is 48.5 Å². The maximum Gasteiger partial charge on any atom is 0.220 e. The number of amides is 1. The number of carbonyl (C=O) groups excluding carboxylic acids is 1. The number of rotatable bonds is 6. The Labute approximate surface area is 132 Å². The SMILES string of the molecule is Cc1cccc(CCC(=O)NCC(O)c2ccccc2C)c1. The first-order valence-electron chi connectivity index (χ1n) is 7.62. The van der Waals surface area contributed by atoms with Gasteiger partial charge in [0, 0.05) is 13.0 Å². The molecule has 0 saturated heterocycles. The predicted molar refractivity (Wildman–Crippen MR) is 88.6 cm³/mol. The number of aliphatic hydroxyl groups is 1. The average molecular weight is 297 g/mol. The van der Waals surface area contributed by atoms with E-state index in [1.54, 1.807) is 0 Å². The molecule has 2 aromatic carbocycles. The molecule has 0 bridgehead atoms. The minimum atomic E-state index is -0.663. The van der Waals surface area contributed by atoms with Gasteiger partial charge < -0.3 is 10.4 Å². The zero-order valence-corrected chi connectivity index (χ0v) is 13.2. The Morgan fingerprint density at radius 3 is 2.64 bits per heavy atom. The molecule has 0 aliphatic rings. The Bertz CT molecular complexity index is 637. The van der Waals surface area contributed by atoms with E-state index in [9.17, 15) is 9.90 Å². The van der Waals surface area contributed by atoms with Crippen LogP contribution in [0.5, 0.6) is 0 Å². The van der Waals surface area contributed by atoms with Crippen LogP contribution in [-0.4, -0.2) is 17.6 Å². The second-order valence-electron chi connectivity index (χ2n) is 5.67. The first-order valence-corrected chi connectivity index (χ1v) is 7.62. The molecule has 0 fully saturated rings. The lowest BCUT2D eigenvalue weighted by molar-refractivity contribution is -0.121. The van der Waals surface area contributed by atoms with E-state index in [0.29, 0.717) is 12.8 Å². The molecule has 1 amide bonds. The van der Waals surface area contributed by atoms with Crippen LogP contribution in [0.3, 0.4) is 0 Å². The fraction of sp³-hybridized carbons (Fsp3) is 0.316. The van der Waals surface area contributed by atoms with E-state index in [4.69, 9.17) is 0 Å². The Hall–Kier alpha value is -2.13. The summed E-state index contributed by atoms with van der Waals surface area (Å²) in [5.74, 6) is -0.0332. The van der Waals surface area contributed by atoms with Crippen LogP contribution in [-0.2, 0) is 11.2 Å². The van der Waals surface area contributed by atoms with Crippen LogP contribution in [0.4, 0.5) is 0 Å². The third kappa shape index (κ3) is 4.71. The lowest BCUT2D eigenvalue weighted by Crippen LogP contribution is -2.28. The summed E-state index contributed by atoms with van der Waals surface area (Å²) in [7, 11) is 0. The zero-order valence-electron chi connectivity index (χ0n) is 13.2. The highest BCUT2D eigenvalue weighted by Gasteiger charge is 2.11. The normalized spacial score (nSPS) is 12.0. The minimum absolute atomic E-state index is 0.0332. The van der Waals surface area contributed by atoms with Crippen molar-refractivity contribution in [3.63, 3.8) is 0 Å². The van der Waals surface area contributed by atoms with E-state index >= 15 is 0 Å². The van der Waals surface area contributed by atoms with Gasteiger partial charge in [0.25, 0.3) is 0 Å². The lowest BCUT2D eigenvalue weighted by Gasteiger charge is -2.14. The summed E-state index contributed by atoms with van der Waals surface area (Å²) in [5.41, 5.74) is 4.26. The van der Waals surface area contributed by atoms with Crippen LogP contribution in [0.2, 0.25) is 0 Å². The molecule has 0 heterocycles. The van der Waals surface area contributed by atoms with Gasteiger partial charge >= 0.3 is 0 Å². The summed E-state index contributed by atoms with van der Waals surface area (Å²) in [6, 6.07) is 15.8. The molecule has 2 aromatic rings. The van der Waals surface area contributed by atoms with Crippen molar-refractivity contribution in [2.75, 3.05) is 6.54 Å². The number of aliphatic hydroxyl groups excluding tert-OH is 1. The standard InChI is InChI=1S/C19H23NO2/c1-14-6-5-8-16(12-14)10-11-19(22)20-13-18(21)17-9-4-3-7-15(17)2/h3-9,12,18,21H,10-11,13H2,1-2H3,(H,20,22). The number of nitrogens with one attached hydrogen (secondary N) is 1. The number of hydrogen-bond acceptors (Lipinski definition) is 2. The van der Waals surface area contributed by atoms with Crippen LogP contribution < -0.4 is 5.32 Å². The smallest absolute Gasteiger partial charge is 0.220 e. The number of hydrogen-bond donors (Lipinski definition) is 2. The van der Waals surface area contributed by atoms with Gasteiger partial charge in [-0.1, -0.05) is 54.1 Å². The Morgan fingerprint density at radius 1 is 1.14 bits per heavy atom. The van der Waals surface area contributed by atoms with Gasteiger partial charge in [0.2, 0.25) is 5.91 Å². The first kappa shape index (κ1) is 16.2. The second-order valence-corrected chi connectivity index (χ2v) is 5.67. The monoisotopic (exact) mass is 297 g/mol. The zero-order chi connectivity index (χ0) is 15.9. The van der Waals surface area contributed by atoms with Crippen molar-refractivity contribution in [1.29, 1.82) is 0 Å². The van der Waals surface area contributed by atoms with Crippen molar-refractivity contribution >= 4 is 5.91 Å². The Morgan fingerprint density at radius 2 is 1.91 bits per heavy atom. The molecule has 0 aliphatic carbocycles. The minimum Gasteiger partial charge on any atom is -0.387 e. The molecule has 2 N–H and O–H groups in total. The van der Waals surface area contributed by atoms with Crippen LogP contribution in [0.25, 0.3) is 0 Å². The highest BCUT2D eigenvalue weighted by molar-refractivity contribution is 5.76. The number of aryl methyl sites for hydroxylation is 3. The summed E-state index contributed by atoms with van der Waals surface area (Å²) in [4.78, 5) is 11.9. The van der Waals surface area contributed by atoms with Crippen molar-refractivity contribution in [2.24, 2.45) is 0 Å².